The van der Waals surface area contributed by atoms with Gasteiger partial charge >= 0.3 is 0 Å². The van der Waals surface area contributed by atoms with E-state index in [1.807, 2.05) is 0 Å². The molecule has 1 atom stereocenters. The Balaban J connectivity index is 1.98. The minimum Gasteiger partial charge on any atom is -0.374 e. The van der Waals surface area contributed by atoms with Crippen LogP contribution in [0, 0.1) is 0 Å². The number of benzene rings is 1. The average Bonchev–Trinajstić information content (AvgIpc) is 2.80. The molecule has 3 nitrogen and oxygen atoms in total. The van der Waals surface area contributed by atoms with Gasteiger partial charge in [-0.05, 0) is 57.9 Å². The maximum absolute atomic E-state index is 5.85. The molecule has 0 saturated carbocycles. The monoisotopic (exact) mass is 290 g/mol. The van der Waals surface area contributed by atoms with Gasteiger partial charge in [-0.1, -0.05) is 19.1 Å². The van der Waals surface area contributed by atoms with Gasteiger partial charge in [0.05, 0.1) is 12.2 Å². The van der Waals surface area contributed by atoms with Crippen LogP contribution in [0.3, 0.4) is 0 Å². The van der Waals surface area contributed by atoms with E-state index in [0.29, 0.717) is 6.04 Å². The highest BCUT2D eigenvalue weighted by Gasteiger charge is 2.20. The van der Waals surface area contributed by atoms with Crippen LogP contribution in [0.1, 0.15) is 51.8 Å². The van der Waals surface area contributed by atoms with Crippen LogP contribution in [0.15, 0.2) is 18.2 Å². The molecule has 0 aromatic heterocycles. The molecule has 1 aromatic carbocycles. The summed E-state index contributed by atoms with van der Waals surface area (Å²) in [6.07, 6.45) is 1.15. The Bertz CT molecular complexity index is 465. The van der Waals surface area contributed by atoms with Crippen molar-refractivity contribution in [3.63, 3.8) is 0 Å². The summed E-state index contributed by atoms with van der Waals surface area (Å²) in [6.45, 7) is 14.6. The van der Waals surface area contributed by atoms with E-state index in [0.717, 1.165) is 32.7 Å². The van der Waals surface area contributed by atoms with E-state index >= 15 is 0 Å². The summed E-state index contributed by atoms with van der Waals surface area (Å²) in [5, 5.41) is 3.48. The zero-order valence-electron chi connectivity index (χ0n) is 14.2. The van der Waals surface area contributed by atoms with Crippen LogP contribution >= 0.6 is 0 Å². The Morgan fingerprint density at radius 2 is 2.10 bits per heavy atom. The third-order valence-electron chi connectivity index (χ3n) is 4.00. The SMILES string of the molecule is CCNC(C)c1ccc2c(c1)CCN2CCOC(C)(C)C. The second kappa shape index (κ2) is 6.80. The van der Waals surface area contributed by atoms with Crippen LogP contribution in [0.2, 0.25) is 0 Å². The van der Waals surface area contributed by atoms with Crippen molar-refractivity contribution in [1.82, 2.24) is 5.32 Å². The van der Waals surface area contributed by atoms with Gasteiger partial charge in [-0.3, -0.25) is 0 Å². The second-order valence-electron chi connectivity index (χ2n) is 6.87. The summed E-state index contributed by atoms with van der Waals surface area (Å²) in [4.78, 5) is 2.45. The molecule has 118 valence electrons. The zero-order chi connectivity index (χ0) is 15.5. The van der Waals surface area contributed by atoms with E-state index in [1.165, 1.54) is 16.8 Å². The number of hydrogen-bond donors (Lipinski definition) is 1. The van der Waals surface area contributed by atoms with E-state index in [9.17, 15) is 0 Å². The lowest BCUT2D eigenvalue weighted by atomic mass is 10.0. The smallest absolute Gasteiger partial charge is 0.0648 e. The normalized spacial score (nSPS) is 16.1. The lowest BCUT2D eigenvalue weighted by molar-refractivity contribution is 0.00148. The molecule has 0 fully saturated rings. The molecule has 0 saturated heterocycles. The number of nitrogens with one attached hydrogen (secondary N) is 1. The van der Waals surface area contributed by atoms with Crippen molar-refractivity contribution in [3.8, 4) is 0 Å². The lowest BCUT2D eigenvalue weighted by Crippen LogP contribution is -2.29. The quantitative estimate of drug-likeness (QED) is 0.867. The van der Waals surface area contributed by atoms with Gasteiger partial charge in [-0.15, -0.1) is 0 Å². The molecule has 21 heavy (non-hydrogen) atoms. The number of nitrogens with zero attached hydrogens (tertiary/aromatic N) is 1. The van der Waals surface area contributed by atoms with Crippen LogP contribution in [0.4, 0.5) is 5.69 Å². The van der Waals surface area contributed by atoms with Crippen molar-refractivity contribution in [3.05, 3.63) is 29.3 Å². The van der Waals surface area contributed by atoms with Crippen LogP contribution < -0.4 is 10.2 Å². The minimum absolute atomic E-state index is 0.0480. The molecule has 0 spiro atoms. The van der Waals surface area contributed by atoms with Crippen LogP contribution in [0.25, 0.3) is 0 Å². The second-order valence-corrected chi connectivity index (χ2v) is 6.87. The molecule has 1 aromatic rings. The number of anilines is 1. The predicted octanol–water partition coefficient (Wildman–Crippen LogP) is 3.53. The molecule has 0 bridgehead atoms. The third kappa shape index (κ3) is 4.45. The first-order valence-corrected chi connectivity index (χ1v) is 8.16. The summed E-state index contributed by atoms with van der Waals surface area (Å²) in [7, 11) is 0. The Morgan fingerprint density at radius 3 is 2.76 bits per heavy atom. The zero-order valence-corrected chi connectivity index (χ0v) is 14.2. The van der Waals surface area contributed by atoms with Crippen molar-refractivity contribution >= 4 is 5.69 Å². The van der Waals surface area contributed by atoms with Gasteiger partial charge in [-0.25, -0.2) is 0 Å². The summed E-state index contributed by atoms with van der Waals surface area (Å²) in [6, 6.07) is 7.34. The van der Waals surface area contributed by atoms with Crippen LogP contribution in [0.5, 0.6) is 0 Å². The van der Waals surface area contributed by atoms with E-state index in [2.05, 4.69) is 63.0 Å². The van der Waals surface area contributed by atoms with Gasteiger partial charge in [0.15, 0.2) is 0 Å². The van der Waals surface area contributed by atoms with Gasteiger partial charge in [0.2, 0.25) is 0 Å². The van der Waals surface area contributed by atoms with Gasteiger partial charge in [0.1, 0.15) is 0 Å². The average molecular weight is 290 g/mol. The summed E-state index contributed by atoms with van der Waals surface area (Å²) in [5.74, 6) is 0. The van der Waals surface area contributed by atoms with Crippen molar-refractivity contribution in [2.75, 3.05) is 31.1 Å². The first kappa shape index (κ1) is 16.3. The van der Waals surface area contributed by atoms with Crippen LogP contribution in [-0.4, -0.2) is 31.8 Å². The molecule has 2 rings (SSSR count). The molecule has 0 aliphatic carbocycles. The van der Waals surface area contributed by atoms with Gasteiger partial charge in [0.25, 0.3) is 0 Å². The highest BCUT2D eigenvalue weighted by molar-refractivity contribution is 5.59. The molecule has 1 aliphatic rings. The van der Waals surface area contributed by atoms with Crippen molar-refractivity contribution in [2.24, 2.45) is 0 Å². The van der Waals surface area contributed by atoms with Gasteiger partial charge in [-0.2, -0.15) is 0 Å². The lowest BCUT2D eigenvalue weighted by Gasteiger charge is -2.24. The van der Waals surface area contributed by atoms with E-state index in [4.69, 9.17) is 4.74 Å². The molecule has 0 amide bonds. The Labute approximate surface area is 129 Å². The number of rotatable bonds is 6. The molecule has 1 unspecified atom stereocenters. The Hall–Kier alpha value is -1.06. The van der Waals surface area contributed by atoms with Gasteiger partial charge < -0.3 is 15.0 Å². The van der Waals surface area contributed by atoms with E-state index in [-0.39, 0.29) is 5.60 Å². The summed E-state index contributed by atoms with van der Waals surface area (Å²) in [5.41, 5.74) is 4.21. The Morgan fingerprint density at radius 1 is 1.33 bits per heavy atom. The maximum Gasteiger partial charge on any atom is 0.0648 e. The number of hydrogen-bond acceptors (Lipinski definition) is 3. The highest BCUT2D eigenvalue weighted by Crippen LogP contribution is 2.30. The predicted molar refractivity (Wildman–Crippen MR) is 90.2 cm³/mol. The molecular formula is C18H30N2O. The fourth-order valence-corrected chi connectivity index (χ4v) is 2.88. The minimum atomic E-state index is -0.0480. The number of ether oxygens (including phenoxy) is 1. The van der Waals surface area contributed by atoms with Gasteiger partial charge in [0, 0.05) is 24.8 Å². The first-order chi connectivity index (χ1) is 9.90. The fraction of sp³-hybridized carbons (Fsp3) is 0.667. The van der Waals surface area contributed by atoms with Crippen molar-refractivity contribution < 1.29 is 4.74 Å². The molecule has 0 radical (unpaired) electrons. The fourth-order valence-electron chi connectivity index (χ4n) is 2.88. The summed E-state index contributed by atoms with van der Waals surface area (Å²) < 4.78 is 5.85. The van der Waals surface area contributed by atoms with E-state index in [1.54, 1.807) is 0 Å². The molecule has 1 heterocycles. The molecule has 3 heteroatoms. The van der Waals surface area contributed by atoms with Crippen molar-refractivity contribution in [2.45, 2.75) is 52.7 Å². The standard InChI is InChI=1S/C18H30N2O/c1-6-19-14(2)15-7-8-17-16(13-15)9-10-20(17)11-12-21-18(3,4)5/h7-8,13-14,19H,6,9-12H2,1-5H3. The molecule has 1 N–H and O–H groups in total. The molecule has 1 aliphatic heterocycles. The number of fused-ring (bicyclic) bond motifs is 1. The van der Waals surface area contributed by atoms with Crippen LogP contribution in [-0.2, 0) is 11.2 Å². The van der Waals surface area contributed by atoms with E-state index < -0.39 is 0 Å². The first-order valence-electron chi connectivity index (χ1n) is 8.16. The molecular weight excluding hydrogens is 260 g/mol. The largest absolute Gasteiger partial charge is 0.374 e. The topological polar surface area (TPSA) is 24.5 Å². The Kier molecular flexibility index (Phi) is 5.28. The summed E-state index contributed by atoms with van der Waals surface area (Å²) >= 11 is 0. The maximum atomic E-state index is 5.85. The van der Waals surface area contributed by atoms with Crippen molar-refractivity contribution in [1.29, 1.82) is 0 Å². The highest BCUT2D eigenvalue weighted by atomic mass is 16.5. The third-order valence-corrected chi connectivity index (χ3v) is 4.00.